The van der Waals surface area contributed by atoms with Crippen LogP contribution in [0, 0.1) is 5.41 Å². The standard InChI is InChI=1S/C10H14O5/c1-10(2,3)7-5(8(12)14-4)6(11)9(13)15-7/h7,11H,1-4H3. The van der Waals surface area contributed by atoms with Crippen LogP contribution in [0.4, 0.5) is 0 Å². The Morgan fingerprint density at radius 3 is 2.40 bits per heavy atom. The van der Waals surface area contributed by atoms with Crippen LogP contribution in [0.5, 0.6) is 0 Å². The molecule has 0 spiro atoms. The summed E-state index contributed by atoms with van der Waals surface area (Å²) in [5.74, 6) is -2.27. The van der Waals surface area contributed by atoms with Crippen molar-refractivity contribution in [1.82, 2.24) is 0 Å². The van der Waals surface area contributed by atoms with E-state index in [9.17, 15) is 14.7 Å². The van der Waals surface area contributed by atoms with Gasteiger partial charge in [-0.2, -0.15) is 0 Å². The molecule has 1 N–H and O–H groups in total. The number of hydrogen-bond acceptors (Lipinski definition) is 5. The topological polar surface area (TPSA) is 72.8 Å². The summed E-state index contributed by atoms with van der Waals surface area (Å²) in [7, 11) is 1.19. The molecule has 1 unspecified atom stereocenters. The van der Waals surface area contributed by atoms with E-state index in [0.29, 0.717) is 0 Å². The molecule has 84 valence electrons. The molecule has 0 fully saturated rings. The Morgan fingerprint density at radius 2 is 2.00 bits per heavy atom. The lowest BCUT2D eigenvalue weighted by Gasteiger charge is -2.26. The molecule has 0 radical (unpaired) electrons. The van der Waals surface area contributed by atoms with Gasteiger partial charge in [-0.1, -0.05) is 20.8 Å². The second-order valence-electron chi connectivity index (χ2n) is 4.41. The molecule has 5 heteroatoms. The average molecular weight is 214 g/mol. The Balaban J connectivity index is 3.15. The van der Waals surface area contributed by atoms with E-state index in [1.54, 1.807) is 20.8 Å². The highest BCUT2D eigenvalue weighted by molar-refractivity contribution is 6.02. The smallest absolute Gasteiger partial charge is 0.374 e. The zero-order chi connectivity index (χ0) is 11.8. The first kappa shape index (κ1) is 11.6. The average Bonchev–Trinajstić information content (AvgIpc) is 2.42. The van der Waals surface area contributed by atoms with E-state index in [4.69, 9.17) is 4.74 Å². The van der Waals surface area contributed by atoms with Crippen molar-refractivity contribution < 1.29 is 24.2 Å². The lowest BCUT2D eigenvalue weighted by molar-refractivity contribution is -0.146. The fraction of sp³-hybridized carbons (Fsp3) is 0.600. The zero-order valence-electron chi connectivity index (χ0n) is 9.16. The van der Waals surface area contributed by atoms with Crippen LogP contribution in [0.25, 0.3) is 0 Å². The van der Waals surface area contributed by atoms with Gasteiger partial charge in [-0.25, -0.2) is 9.59 Å². The third kappa shape index (κ3) is 1.95. The number of carbonyl (C=O) groups is 2. The molecule has 1 aliphatic rings. The Kier molecular flexibility index (Phi) is 2.75. The second-order valence-corrected chi connectivity index (χ2v) is 4.41. The van der Waals surface area contributed by atoms with Gasteiger partial charge < -0.3 is 14.6 Å². The number of aliphatic hydroxyl groups excluding tert-OH is 1. The molecule has 15 heavy (non-hydrogen) atoms. The van der Waals surface area contributed by atoms with Crippen LogP contribution in [0.2, 0.25) is 0 Å². The Bertz CT molecular complexity index is 334. The monoisotopic (exact) mass is 214 g/mol. The van der Waals surface area contributed by atoms with E-state index < -0.39 is 29.2 Å². The van der Waals surface area contributed by atoms with Gasteiger partial charge in [-0.3, -0.25) is 0 Å². The van der Waals surface area contributed by atoms with E-state index >= 15 is 0 Å². The first-order valence-corrected chi connectivity index (χ1v) is 4.51. The molecule has 0 saturated carbocycles. The first-order chi connectivity index (χ1) is 6.79. The fourth-order valence-electron chi connectivity index (χ4n) is 1.38. The van der Waals surface area contributed by atoms with Crippen molar-refractivity contribution in [2.75, 3.05) is 7.11 Å². The molecular formula is C10H14O5. The minimum absolute atomic E-state index is 0.102. The van der Waals surface area contributed by atoms with Crippen molar-refractivity contribution in [1.29, 1.82) is 0 Å². The molecule has 0 bridgehead atoms. The van der Waals surface area contributed by atoms with Gasteiger partial charge in [-0.05, 0) is 0 Å². The van der Waals surface area contributed by atoms with E-state index in [1.165, 1.54) is 7.11 Å². The van der Waals surface area contributed by atoms with Crippen LogP contribution >= 0.6 is 0 Å². The highest BCUT2D eigenvalue weighted by atomic mass is 16.6. The SMILES string of the molecule is COC(=O)C1=C(O)C(=O)OC1C(C)(C)C. The molecule has 1 heterocycles. The minimum atomic E-state index is -0.879. The van der Waals surface area contributed by atoms with Gasteiger partial charge in [0, 0.05) is 5.41 Å². The van der Waals surface area contributed by atoms with E-state index in [1.807, 2.05) is 0 Å². The lowest BCUT2D eigenvalue weighted by Crippen LogP contribution is -2.32. The highest BCUT2D eigenvalue weighted by Gasteiger charge is 2.45. The van der Waals surface area contributed by atoms with Gasteiger partial charge in [0.15, 0.2) is 0 Å². The number of hydrogen-bond donors (Lipinski definition) is 1. The molecule has 1 rings (SSSR count). The van der Waals surface area contributed by atoms with E-state index in [2.05, 4.69) is 4.74 Å². The van der Waals surface area contributed by atoms with Crippen LogP contribution in [0.15, 0.2) is 11.3 Å². The summed E-state index contributed by atoms with van der Waals surface area (Å²) < 4.78 is 9.40. The van der Waals surface area contributed by atoms with E-state index in [0.717, 1.165) is 0 Å². The summed E-state index contributed by atoms with van der Waals surface area (Å²) in [4.78, 5) is 22.5. The normalized spacial score (nSPS) is 21.6. The second kappa shape index (κ2) is 3.56. The minimum Gasteiger partial charge on any atom is -0.501 e. The van der Waals surface area contributed by atoms with Gasteiger partial charge >= 0.3 is 11.9 Å². The molecule has 0 saturated heterocycles. The number of aliphatic hydroxyl groups is 1. The maximum atomic E-state index is 11.4. The molecule has 0 aliphatic carbocycles. The summed E-state index contributed by atoms with van der Waals surface area (Å²) >= 11 is 0. The van der Waals surface area contributed by atoms with Crippen LogP contribution in [-0.4, -0.2) is 30.3 Å². The van der Waals surface area contributed by atoms with Gasteiger partial charge in [0.1, 0.15) is 11.7 Å². The summed E-state index contributed by atoms with van der Waals surface area (Å²) in [6.45, 7) is 5.39. The predicted molar refractivity (Wildman–Crippen MR) is 51.0 cm³/mol. The first-order valence-electron chi connectivity index (χ1n) is 4.51. The largest absolute Gasteiger partial charge is 0.501 e. The Hall–Kier alpha value is -1.52. The van der Waals surface area contributed by atoms with Gasteiger partial charge in [0.25, 0.3) is 0 Å². The van der Waals surface area contributed by atoms with Crippen molar-refractivity contribution in [3.05, 3.63) is 11.3 Å². The van der Waals surface area contributed by atoms with Gasteiger partial charge in [0.2, 0.25) is 5.76 Å². The quantitative estimate of drug-likeness (QED) is 0.658. The van der Waals surface area contributed by atoms with Crippen molar-refractivity contribution in [3.63, 3.8) is 0 Å². The summed E-state index contributed by atoms with van der Waals surface area (Å²) in [5.41, 5.74) is -0.570. The Morgan fingerprint density at radius 1 is 1.47 bits per heavy atom. The van der Waals surface area contributed by atoms with Crippen LogP contribution in [0.3, 0.4) is 0 Å². The molecule has 1 atom stereocenters. The number of carbonyl (C=O) groups excluding carboxylic acids is 2. The number of esters is 2. The maximum Gasteiger partial charge on any atom is 0.374 e. The molecular weight excluding hydrogens is 200 g/mol. The van der Waals surface area contributed by atoms with Crippen molar-refractivity contribution in [2.24, 2.45) is 5.41 Å². The van der Waals surface area contributed by atoms with E-state index in [-0.39, 0.29) is 5.57 Å². The van der Waals surface area contributed by atoms with Crippen LogP contribution in [0.1, 0.15) is 20.8 Å². The molecule has 0 aromatic carbocycles. The fourth-order valence-corrected chi connectivity index (χ4v) is 1.38. The van der Waals surface area contributed by atoms with Crippen molar-refractivity contribution in [2.45, 2.75) is 26.9 Å². The maximum absolute atomic E-state index is 11.4. The number of cyclic esters (lactones) is 1. The molecule has 0 amide bonds. The zero-order valence-corrected chi connectivity index (χ0v) is 9.16. The molecule has 1 aliphatic heterocycles. The molecule has 0 aromatic rings. The van der Waals surface area contributed by atoms with Gasteiger partial charge in [0.05, 0.1) is 7.11 Å². The summed E-state index contributed by atoms with van der Waals surface area (Å²) in [5, 5.41) is 9.40. The third-order valence-corrected chi connectivity index (χ3v) is 2.13. The van der Waals surface area contributed by atoms with Crippen LogP contribution in [-0.2, 0) is 19.1 Å². The number of rotatable bonds is 1. The molecule has 0 aromatic heterocycles. The van der Waals surface area contributed by atoms with Crippen molar-refractivity contribution in [3.8, 4) is 0 Å². The predicted octanol–water partition coefficient (Wildman–Crippen LogP) is 0.943. The summed E-state index contributed by atoms with van der Waals surface area (Å²) in [6.07, 6.45) is -0.766. The summed E-state index contributed by atoms with van der Waals surface area (Å²) in [6, 6.07) is 0. The number of methoxy groups -OCH3 is 1. The Labute approximate surface area is 87.7 Å². The lowest BCUT2D eigenvalue weighted by atomic mass is 9.85. The third-order valence-electron chi connectivity index (χ3n) is 2.13. The van der Waals surface area contributed by atoms with Gasteiger partial charge in [-0.15, -0.1) is 0 Å². The number of ether oxygens (including phenoxy) is 2. The van der Waals surface area contributed by atoms with Crippen molar-refractivity contribution >= 4 is 11.9 Å². The molecule has 5 nitrogen and oxygen atoms in total. The van der Waals surface area contributed by atoms with Crippen LogP contribution < -0.4 is 0 Å². The highest BCUT2D eigenvalue weighted by Crippen LogP contribution is 2.34.